The van der Waals surface area contributed by atoms with Gasteiger partial charge in [-0.3, -0.25) is 4.79 Å². The zero-order chi connectivity index (χ0) is 11.8. The van der Waals surface area contributed by atoms with Crippen molar-refractivity contribution in [1.29, 1.82) is 0 Å². The van der Waals surface area contributed by atoms with Gasteiger partial charge in [-0.15, -0.1) is 0 Å². The normalized spacial score (nSPS) is 9.81. The third-order valence-corrected chi connectivity index (χ3v) is 2.15. The van der Waals surface area contributed by atoms with Gasteiger partial charge in [0.05, 0.1) is 0 Å². The van der Waals surface area contributed by atoms with Crippen molar-refractivity contribution in [3.05, 3.63) is 48.0 Å². The maximum atomic E-state index is 11.1. The molecule has 0 saturated carbocycles. The maximum absolute atomic E-state index is 11.1. The van der Waals surface area contributed by atoms with Crippen LogP contribution in [0.4, 0.5) is 0 Å². The zero-order valence-corrected chi connectivity index (χ0v) is 9.62. The Morgan fingerprint density at radius 3 is 2.56 bits per heavy atom. The van der Waals surface area contributed by atoms with Crippen LogP contribution in [0.5, 0.6) is 0 Å². The number of carbonyl (C=O) groups excluding carboxylic acids is 1. The van der Waals surface area contributed by atoms with Crippen LogP contribution in [0, 0.1) is 0 Å². The van der Waals surface area contributed by atoms with Crippen molar-refractivity contribution in [1.82, 2.24) is 10.6 Å². The Bertz CT molecular complexity index is 346. The van der Waals surface area contributed by atoms with E-state index in [4.69, 9.17) is 0 Å². The monoisotopic (exact) mass is 218 g/mol. The molecule has 0 atom stereocenters. The number of carbonyl (C=O) groups is 1. The van der Waals surface area contributed by atoms with E-state index in [1.165, 1.54) is 5.56 Å². The maximum Gasteiger partial charge on any atom is 0.246 e. The van der Waals surface area contributed by atoms with Crippen LogP contribution in [0.15, 0.2) is 42.5 Å². The molecule has 0 radical (unpaired) electrons. The number of hydrogen-bond donors (Lipinski definition) is 2. The van der Waals surface area contributed by atoms with E-state index in [9.17, 15) is 4.79 Å². The first-order chi connectivity index (χ1) is 7.70. The summed E-state index contributed by atoms with van der Waals surface area (Å²) in [5, 5.41) is 6.02. The molecule has 3 nitrogen and oxygen atoms in total. The van der Waals surface area contributed by atoms with Gasteiger partial charge in [0.15, 0.2) is 0 Å². The fourth-order valence-electron chi connectivity index (χ4n) is 1.24. The standard InChI is InChI=1S/C13H18N2O/c1-11(2)13(16)15-9-8-14-10-12-6-4-3-5-7-12/h3-7,14H,1,8-10H2,2H3,(H,15,16). The summed E-state index contributed by atoms with van der Waals surface area (Å²) in [5.41, 5.74) is 1.79. The van der Waals surface area contributed by atoms with Gasteiger partial charge in [-0.25, -0.2) is 0 Å². The van der Waals surface area contributed by atoms with Crippen LogP contribution in [-0.4, -0.2) is 19.0 Å². The van der Waals surface area contributed by atoms with Gasteiger partial charge in [0.2, 0.25) is 5.91 Å². The number of hydrogen-bond acceptors (Lipinski definition) is 2. The SMILES string of the molecule is C=C(C)C(=O)NCCNCc1ccccc1. The van der Waals surface area contributed by atoms with E-state index in [-0.39, 0.29) is 5.91 Å². The van der Waals surface area contributed by atoms with Gasteiger partial charge >= 0.3 is 0 Å². The van der Waals surface area contributed by atoms with E-state index in [1.54, 1.807) is 6.92 Å². The molecule has 0 aliphatic heterocycles. The Morgan fingerprint density at radius 2 is 1.94 bits per heavy atom. The Labute approximate surface area is 96.6 Å². The highest BCUT2D eigenvalue weighted by molar-refractivity contribution is 5.92. The van der Waals surface area contributed by atoms with Gasteiger partial charge in [-0.1, -0.05) is 36.9 Å². The number of nitrogens with one attached hydrogen (secondary N) is 2. The fraction of sp³-hybridized carbons (Fsp3) is 0.308. The van der Waals surface area contributed by atoms with Crippen molar-refractivity contribution in [2.75, 3.05) is 13.1 Å². The average Bonchev–Trinajstić information content (AvgIpc) is 2.29. The lowest BCUT2D eigenvalue weighted by Crippen LogP contribution is -2.31. The van der Waals surface area contributed by atoms with Crippen molar-refractivity contribution < 1.29 is 4.79 Å². The Morgan fingerprint density at radius 1 is 1.25 bits per heavy atom. The summed E-state index contributed by atoms with van der Waals surface area (Å²) in [6.07, 6.45) is 0. The minimum absolute atomic E-state index is 0.0819. The molecule has 0 aromatic heterocycles. The van der Waals surface area contributed by atoms with Gasteiger partial charge < -0.3 is 10.6 Å². The minimum Gasteiger partial charge on any atom is -0.351 e. The van der Waals surface area contributed by atoms with Crippen LogP contribution in [-0.2, 0) is 11.3 Å². The Kier molecular flexibility index (Phi) is 5.29. The van der Waals surface area contributed by atoms with Gasteiger partial charge in [0.25, 0.3) is 0 Å². The molecule has 0 aliphatic rings. The molecule has 0 aliphatic carbocycles. The lowest BCUT2D eigenvalue weighted by molar-refractivity contribution is -0.117. The summed E-state index contributed by atoms with van der Waals surface area (Å²) in [6, 6.07) is 10.2. The van der Waals surface area contributed by atoms with Crippen LogP contribution in [0.3, 0.4) is 0 Å². The molecule has 0 saturated heterocycles. The highest BCUT2D eigenvalue weighted by atomic mass is 16.1. The minimum atomic E-state index is -0.0819. The quantitative estimate of drug-likeness (QED) is 0.561. The van der Waals surface area contributed by atoms with Gasteiger partial charge in [-0.2, -0.15) is 0 Å². The second-order valence-corrected chi connectivity index (χ2v) is 3.70. The molecule has 86 valence electrons. The number of benzene rings is 1. The van der Waals surface area contributed by atoms with Crippen molar-refractivity contribution in [3.8, 4) is 0 Å². The molecule has 0 spiro atoms. The summed E-state index contributed by atoms with van der Waals surface area (Å²) in [5.74, 6) is -0.0819. The summed E-state index contributed by atoms with van der Waals surface area (Å²) < 4.78 is 0. The highest BCUT2D eigenvalue weighted by Gasteiger charge is 1.98. The lowest BCUT2D eigenvalue weighted by Gasteiger charge is -2.06. The van der Waals surface area contributed by atoms with E-state index < -0.39 is 0 Å². The summed E-state index contributed by atoms with van der Waals surface area (Å²) >= 11 is 0. The molecule has 3 heteroatoms. The summed E-state index contributed by atoms with van der Waals surface area (Å²) in [7, 11) is 0. The molecule has 1 aromatic carbocycles. The molecule has 0 fully saturated rings. The van der Waals surface area contributed by atoms with Crippen molar-refractivity contribution in [2.24, 2.45) is 0 Å². The topological polar surface area (TPSA) is 41.1 Å². The van der Waals surface area contributed by atoms with Gasteiger partial charge in [-0.05, 0) is 12.5 Å². The molecule has 0 unspecified atom stereocenters. The average molecular weight is 218 g/mol. The van der Waals surface area contributed by atoms with E-state index in [1.807, 2.05) is 18.2 Å². The van der Waals surface area contributed by atoms with Crippen LogP contribution in [0.25, 0.3) is 0 Å². The van der Waals surface area contributed by atoms with E-state index in [2.05, 4.69) is 29.3 Å². The largest absolute Gasteiger partial charge is 0.351 e. The predicted molar refractivity (Wildman–Crippen MR) is 66.0 cm³/mol. The molecule has 1 aromatic rings. The van der Waals surface area contributed by atoms with Crippen LogP contribution >= 0.6 is 0 Å². The zero-order valence-electron chi connectivity index (χ0n) is 9.62. The molecule has 16 heavy (non-hydrogen) atoms. The first-order valence-corrected chi connectivity index (χ1v) is 5.38. The van der Waals surface area contributed by atoms with Crippen molar-refractivity contribution in [3.63, 3.8) is 0 Å². The first kappa shape index (κ1) is 12.5. The molecule has 1 amide bonds. The lowest BCUT2D eigenvalue weighted by atomic mass is 10.2. The van der Waals surface area contributed by atoms with E-state index in [0.717, 1.165) is 13.1 Å². The Hall–Kier alpha value is -1.61. The van der Waals surface area contributed by atoms with Crippen LogP contribution in [0.2, 0.25) is 0 Å². The fourth-order valence-corrected chi connectivity index (χ4v) is 1.24. The molecule has 0 bridgehead atoms. The Balaban J connectivity index is 2.09. The number of amides is 1. The van der Waals surface area contributed by atoms with E-state index in [0.29, 0.717) is 12.1 Å². The molecule has 0 heterocycles. The van der Waals surface area contributed by atoms with Crippen molar-refractivity contribution >= 4 is 5.91 Å². The van der Waals surface area contributed by atoms with E-state index >= 15 is 0 Å². The van der Waals surface area contributed by atoms with Crippen molar-refractivity contribution in [2.45, 2.75) is 13.5 Å². The highest BCUT2D eigenvalue weighted by Crippen LogP contribution is 1.96. The van der Waals surface area contributed by atoms with Gasteiger partial charge in [0.1, 0.15) is 0 Å². The molecule has 2 N–H and O–H groups in total. The summed E-state index contributed by atoms with van der Waals surface area (Å²) in [6.45, 7) is 7.47. The third-order valence-electron chi connectivity index (χ3n) is 2.15. The molecule has 1 rings (SSSR count). The van der Waals surface area contributed by atoms with Gasteiger partial charge in [0, 0.05) is 25.2 Å². The summed E-state index contributed by atoms with van der Waals surface area (Å²) in [4.78, 5) is 11.1. The molecular formula is C13H18N2O. The second-order valence-electron chi connectivity index (χ2n) is 3.70. The smallest absolute Gasteiger partial charge is 0.246 e. The van der Waals surface area contributed by atoms with Crippen LogP contribution < -0.4 is 10.6 Å². The first-order valence-electron chi connectivity index (χ1n) is 5.38. The predicted octanol–water partition coefficient (Wildman–Crippen LogP) is 1.47. The molecular weight excluding hydrogens is 200 g/mol. The second kappa shape index (κ2) is 6.80. The van der Waals surface area contributed by atoms with Crippen LogP contribution in [0.1, 0.15) is 12.5 Å². The third kappa shape index (κ3) is 4.75. The number of rotatable bonds is 6.